The third-order valence-electron chi connectivity index (χ3n) is 4.83. The van der Waals surface area contributed by atoms with E-state index in [4.69, 9.17) is 9.15 Å². The van der Waals surface area contributed by atoms with Gasteiger partial charge in [0.05, 0.1) is 42.5 Å². The van der Waals surface area contributed by atoms with Gasteiger partial charge < -0.3 is 19.8 Å². The van der Waals surface area contributed by atoms with E-state index in [-0.39, 0.29) is 18.1 Å². The number of methoxy groups -OCH3 is 1. The summed E-state index contributed by atoms with van der Waals surface area (Å²) in [4.78, 5) is 25.6. The van der Waals surface area contributed by atoms with Crippen LogP contribution in [-0.2, 0) is 6.54 Å². The Morgan fingerprint density at radius 1 is 1.06 bits per heavy atom. The molecule has 0 saturated carbocycles. The molecule has 2 heterocycles. The molecule has 0 fully saturated rings. The summed E-state index contributed by atoms with van der Waals surface area (Å²) in [5.74, 6) is 0.486. The van der Waals surface area contributed by atoms with Crippen molar-refractivity contribution in [2.45, 2.75) is 13.5 Å². The minimum Gasteiger partial charge on any atom is -0.497 e. The molecule has 32 heavy (non-hydrogen) atoms. The number of furan rings is 1. The van der Waals surface area contributed by atoms with Gasteiger partial charge in [-0.15, -0.1) is 5.10 Å². The van der Waals surface area contributed by atoms with Gasteiger partial charge in [-0.25, -0.2) is 4.68 Å². The lowest BCUT2D eigenvalue weighted by Gasteiger charge is -2.11. The van der Waals surface area contributed by atoms with Crippen LogP contribution in [0.15, 0.2) is 71.3 Å². The molecule has 0 bridgehead atoms. The first-order valence-corrected chi connectivity index (χ1v) is 9.84. The van der Waals surface area contributed by atoms with E-state index in [1.54, 1.807) is 61.2 Å². The van der Waals surface area contributed by atoms with Crippen molar-refractivity contribution in [1.29, 1.82) is 0 Å². The standard InChI is InChI=1S/C23H21N5O4/c1-15-21(26-27-28(15)16-7-5-8-17(13-16)31-2)23(30)25-20-11-4-3-10-19(20)22(29)24-14-18-9-6-12-32-18/h3-13H,14H2,1-2H3,(H,24,29)(H,25,30). The van der Waals surface area contributed by atoms with Gasteiger partial charge in [0, 0.05) is 6.07 Å². The summed E-state index contributed by atoms with van der Waals surface area (Å²) in [6.07, 6.45) is 1.54. The highest BCUT2D eigenvalue weighted by molar-refractivity contribution is 6.08. The van der Waals surface area contributed by atoms with Gasteiger partial charge in [0.1, 0.15) is 11.5 Å². The van der Waals surface area contributed by atoms with Crippen molar-refractivity contribution in [2.24, 2.45) is 0 Å². The Labute approximate surface area is 184 Å². The number of nitrogens with zero attached hydrogens (tertiary/aromatic N) is 3. The molecule has 0 aliphatic rings. The molecule has 9 heteroatoms. The summed E-state index contributed by atoms with van der Waals surface area (Å²) in [6, 6.07) is 17.5. The van der Waals surface area contributed by atoms with Crippen molar-refractivity contribution in [3.8, 4) is 11.4 Å². The van der Waals surface area contributed by atoms with E-state index in [0.29, 0.717) is 34.1 Å². The number of carbonyl (C=O) groups excluding carboxylic acids is 2. The van der Waals surface area contributed by atoms with Crippen LogP contribution >= 0.6 is 0 Å². The van der Waals surface area contributed by atoms with Crippen LogP contribution in [0.4, 0.5) is 5.69 Å². The van der Waals surface area contributed by atoms with E-state index in [2.05, 4.69) is 20.9 Å². The summed E-state index contributed by atoms with van der Waals surface area (Å²) < 4.78 is 12.0. The van der Waals surface area contributed by atoms with Crippen molar-refractivity contribution >= 4 is 17.5 Å². The SMILES string of the molecule is COc1cccc(-n2nnc(C(=O)Nc3ccccc3C(=O)NCc3ccco3)c2C)c1. The van der Waals surface area contributed by atoms with Gasteiger partial charge in [-0.2, -0.15) is 0 Å². The number of hydrogen-bond donors (Lipinski definition) is 2. The Hall–Kier alpha value is -4.40. The van der Waals surface area contributed by atoms with E-state index >= 15 is 0 Å². The molecule has 9 nitrogen and oxygen atoms in total. The van der Waals surface area contributed by atoms with Gasteiger partial charge in [-0.1, -0.05) is 23.4 Å². The van der Waals surface area contributed by atoms with Crippen LogP contribution < -0.4 is 15.4 Å². The maximum Gasteiger partial charge on any atom is 0.278 e. The summed E-state index contributed by atoms with van der Waals surface area (Å²) in [5.41, 5.74) is 2.11. The molecule has 4 rings (SSSR count). The normalized spacial score (nSPS) is 10.6. The smallest absolute Gasteiger partial charge is 0.278 e. The topological polar surface area (TPSA) is 111 Å². The molecular formula is C23H21N5O4. The lowest BCUT2D eigenvalue weighted by atomic mass is 10.1. The first-order valence-electron chi connectivity index (χ1n) is 9.84. The van der Waals surface area contributed by atoms with Gasteiger partial charge in [-0.05, 0) is 43.3 Å². The second-order valence-electron chi connectivity index (χ2n) is 6.90. The number of nitrogens with one attached hydrogen (secondary N) is 2. The van der Waals surface area contributed by atoms with Crippen LogP contribution in [0.1, 0.15) is 32.3 Å². The highest BCUT2D eigenvalue weighted by atomic mass is 16.5. The van der Waals surface area contributed by atoms with Gasteiger partial charge in [0.15, 0.2) is 5.69 Å². The lowest BCUT2D eigenvalue weighted by Crippen LogP contribution is -2.25. The molecule has 0 unspecified atom stereocenters. The predicted molar refractivity (Wildman–Crippen MR) is 117 cm³/mol. The number of amides is 2. The molecule has 0 aliphatic heterocycles. The zero-order valence-corrected chi connectivity index (χ0v) is 17.5. The second-order valence-corrected chi connectivity index (χ2v) is 6.90. The van der Waals surface area contributed by atoms with Crippen molar-refractivity contribution in [3.05, 3.63) is 89.6 Å². The maximum absolute atomic E-state index is 12.9. The second kappa shape index (κ2) is 9.17. The van der Waals surface area contributed by atoms with Gasteiger partial charge in [0.25, 0.3) is 11.8 Å². The number of carbonyl (C=O) groups is 2. The lowest BCUT2D eigenvalue weighted by molar-refractivity contribution is 0.0949. The van der Waals surface area contributed by atoms with Crippen molar-refractivity contribution in [3.63, 3.8) is 0 Å². The Morgan fingerprint density at radius 3 is 2.69 bits per heavy atom. The number of para-hydroxylation sites is 1. The molecule has 0 spiro atoms. The van der Waals surface area contributed by atoms with Crippen molar-refractivity contribution in [1.82, 2.24) is 20.3 Å². The number of rotatable bonds is 7. The fourth-order valence-electron chi connectivity index (χ4n) is 3.17. The highest BCUT2D eigenvalue weighted by Gasteiger charge is 2.20. The van der Waals surface area contributed by atoms with Crippen LogP contribution in [0.2, 0.25) is 0 Å². The number of aromatic nitrogens is 3. The molecule has 0 aliphatic carbocycles. The fraction of sp³-hybridized carbons (Fsp3) is 0.130. The van der Waals surface area contributed by atoms with Crippen LogP contribution in [0.5, 0.6) is 5.75 Å². The van der Waals surface area contributed by atoms with E-state index in [0.717, 1.165) is 0 Å². The first kappa shape index (κ1) is 20.9. The van der Waals surface area contributed by atoms with E-state index < -0.39 is 5.91 Å². The molecule has 0 radical (unpaired) electrons. The average Bonchev–Trinajstić information content (AvgIpc) is 3.47. The molecule has 0 atom stereocenters. The number of hydrogen-bond acceptors (Lipinski definition) is 6. The monoisotopic (exact) mass is 431 g/mol. The van der Waals surface area contributed by atoms with Gasteiger partial charge in [0.2, 0.25) is 0 Å². The number of ether oxygens (including phenoxy) is 1. The molecule has 162 valence electrons. The third-order valence-corrected chi connectivity index (χ3v) is 4.83. The minimum atomic E-state index is -0.470. The fourth-order valence-corrected chi connectivity index (χ4v) is 3.17. The van der Waals surface area contributed by atoms with Crippen molar-refractivity contribution in [2.75, 3.05) is 12.4 Å². The van der Waals surface area contributed by atoms with Crippen LogP contribution in [0, 0.1) is 6.92 Å². The number of benzene rings is 2. The Kier molecular flexibility index (Phi) is 5.98. The minimum absolute atomic E-state index is 0.151. The Morgan fingerprint density at radius 2 is 1.91 bits per heavy atom. The third kappa shape index (κ3) is 4.36. The molecule has 2 aromatic carbocycles. The first-order chi connectivity index (χ1) is 15.6. The van der Waals surface area contributed by atoms with E-state index in [9.17, 15) is 9.59 Å². The van der Waals surface area contributed by atoms with Gasteiger partial charge >= 0.3 is 0 Å². The quantitative estimate of drug-likeness (QED) is 0.464. The van der Waals surface area contributed by atoms with Crippen LogP contribution in [-0.4, -0.2) is 33.9 Å². The molecule has 2 amide bonds. The van der Waals surface area contributed by atoms with Gasteiger partial charge in [-0.3, -0.25) is 9.59 Å². The maximum atomic E-state index is 12.9. The van der Waals surface area contributed by atoms with E-state index in [1.807, 2.05) is 18.2 Å². The van der Waals surface area contributed by atoms with Crippen molar-refractivity contribution < 1.29 is 18.7 Å². The molecule has 2 aromatic heterocycles. The molecule has 0 saturated heterocycles. The summed E-state index contributed by atoms with van der Waals surface area (Å²) in [7, 11) is 1.58. The Bertz CT molecular complexity index is 1250. The predicted octanol–water partition coefficient (Wildman–Crippen LogP) is 3.36. The molecule has 4 aromatic rings. The Balaban J connectivity index is 1.52. The summed E-state index contributed by atoms with van der Waals surface area (Å²) in [6.45, 7) is 1.98. The number of anilines is 1. The highest BCUT2D eigenvalue weighted by Crippen LogP contribution is 2.20. The summed E-state index contributed by atoms with van der Waals surface area (Å²) in [5, 5.41) is 13.7. The van der Waals surface area contributed by atoms with Crippen LogP contribution in [0.25, 0.3) is 5.69 Å². The molecular weight excluding hydrogens is 410 g/mol. The largest absolute Gasteiger partial charge is 0.497 e. The average molecular weight is 431 g/mol. The van der Waals surface area contributed by atoms with E-state index in [1.165, 1.54) is 6.26 Å². The van der Waals surface area contributed by atoms with Crippen LogP contribution in [0.3, 0.4) is 0 Å². The zero-order chi connectivity index (χ0) is 22.5. The summed E-state index contributed by atoms with van der Waals surface area (Å²) >= 11 is 0. The molecule has 2 N–H and O–H groups in total. The zero-order valence-electron chi connectivity index (χ0n) is 17.5.